The van der Waals surface area contributed by atoms with Crippen LogP contribution in [0.2, 0.25) is 0 Å². The van der Waals surface area contributed by atoms with E-state index in [0.717, 1.165) is 32.1 Å². The maximum atomic E-state index is 11.5. The number of fused-ring (bicyclic) bond motifs is 1. The number of rotatable bonds is 5. The Morgan fingerprint density at radius 1 is 1.44 bits per heavy atom. The molecular formula is C22H36O3. The molecule has 1 N–H and O–H groups in total. The standard InChI is InChI=1S/C22H36O3/c1-8-21(6,24)13-14-22(7)15(2)9-10-17-18(22)11-12-19(20(17,4)5)25-16(3)23/h8,10,15,18-19,24H,1,9,11-14H2,2-7H3/t15?,18-,19-,21?,22+/m0/s1. The van der Waals surface area contributed by atoms with Crippen LogP contribution in [0.15, 0.2) is 24.3 Å². The highest BCUT2D eigenvalue weighted by molar-refractivity contribution is 5.66. The summed E-state index contributed by atoms with van der Waals surface area (Å²) in [6.45, 7) is 16.3. The molecule has 5 atom stereocenters. The Morgan fingerprint density at radius 2 is 2.08 bits per heavy atom. The molecule has 0 bridgehead atoms. The summed E-state index contributed by atoms with van der Waals surface area (Å²) in [6, 6.07) is 0. The van der Waals surface area contributed by atoms with Crippen molar-refractivity contribution >= 4 is 5.97 Å². The summed E-state index contributed by atoms with van der Waals surface area (Å²) in [5, 5.41) is 10.4. The van der Waals surface area contributed by atoms with Crippen LogP contribution in [0, 0.1) is 22.7 Å². The number of carbonyl (C=O) groups excluding carboxylic acids is 1. The third kappa shape index (κ3) is 3.86. The largest absolute Gasteiger partial charge is 0.462 e. The molecule has 0 spiro atoms. The molecule has 2 rings (SSSR count). The van der Waals surface area contributed by atoms with Gasteiger partial charge >= 0.3 is 5.97 Å². The van der Waals surface area contributed by atoms with Crippen LogP contribution in [0.25, 0.3) is 0 Å². The summed E-state index contributed by atoms with van der Waals surface area (Å²) < 4.78 is 5.65. The fourth-order valence-electron chi connectivity index (χ4n) is 4.93. The first-order chi connectivity index (χ1) is 11.4. The molecule has 0 radical (unpaired) electrons. The summed E-state index contributed by atoms with van der Waals surface area (Å²) >= 11 is 0. The number of ether oxygens (including phenoxy) is 1. The van der Waals surface area contributed by atoms with Crippen LogP contribution in [-0.2, 0) is 9.53 Å². The van der Waals surface area contributed by atoms with Crippen LogP contribution in [0.1, 0.15) is 73.6 Å². The van der Waals surface area contributed by atoms with E-state index in [1.165, 1.54) is 12.5 Å². The van der Waals surface area contributed by atoms with Gasteiger partial charge in [0.1, 0.15) is 6.10 Å². The monoisotopic (exact) mass is 348 g/mol. The predicted octanol–water partition coefficient (Wildman–Crippen LogP) is 5.04. The molecule has 3 heteroatoms. The first-order valence-corrected chi connectivity index (χ1v) is 9.68. The highest BCUT2D eigenvalue weighted by Gasteiger charge is 2.52. The second kappa shape index (κ2) is 6.90. The number of hydrogen-bond donors (Lipinski definition) is 1. The summed E-state index contributed by atoms with van der Waals surface area (Å²) in [6.07, 6.45) is 8.73. The summed E-state index contributed by atoms with van der Waals surface area (Å²) in [4.78, 5) is 11.5. The minimum Gasteiger partial charge on any atom is -0.462 e. The Morgan fingerprint density at radius 3 is 2.64 bits per heavy atom. The number of esters is 1. The van der Waals surface area contributed by atoms with Gasteiger partial charge in [-0.05, 0) is 56.3 Å². The molecule has 0 aromatic carbocycles. The van der Waals surface area contributed by atoms with Crippen LogP contribution in [0.3, 0.4) is 0 Å². The van der Waals surface area contributed by atoms with Gasteiger partial charge in [-0.25, -0.2) is 0 Å². The average molecular weight is 349 g/mol. The van der Waals surface area contributed by atoms with Gasteiger partial charge in [0.05, 0.1) is 5.60 Å². The van der Waals surface area contributed by atoms with Crippen molar-refractivity contribution in [3.63, 3.8) is 0 Å². The van der Waals surface area contributed by atoms with E-state index < -0.39 is 5.60 Å². The molecule has 0 aromatic rings. The van der Waals surface area contributed by atoms with Gasteiger partial charge < -0.3 is 9.84 Å². The Hall–Kier alpha value is -1.09. The predicted molar refractivity (Wildman–Crippen MR) is 102 cm³/mol. The second-order valence-corrected chi connectivity index (χ2v) is 9.31. The summed E-state index contributed by atoms with van der Waals surface area (Å²) in [5.41, 5.74) is 0.657. The molecule has 0 aliphatic heterocycles. The SMILES string of the molecule is C=CC(C)(O)CC[C@]1(C)C(C)CC=C2[C@@H]1CC[C@H](OC(C)=O)C2(C)C. The van der Waals surface area contributed by atoms with E-state index >= 15 is 0 Å². The molecule has 0 aromatic heterocycles. The van der Waals surface area contributed by atoms with E-state index in [1.807, 2.05) is 6.92 Å². The number of hydrogen-bond acceptors (Lipinski definition) is 3. The van der Waals surface area contributed by atoms with Gasteiger partial charge in [0.2, 0.25) is 0 Å². The lowest BCUT2D eigenvalue weighted by molar-refractivity contribution is -0.154. The molecule has 2 aliphatic carbocycles. The molecule has 1 fully saturated rings. The fourth-order valence-corrected chi connectivity index (χ4v) is 4.93. The van der Waals surface area contributed by atoms with Crippen molar-refractivity contribution in [2.45, 2.75) is 85.4 Å². The van der Waals surface area contributed by atoms with Gasteiger partial charge in [0.15, 0.2) is 0 Å². The Labute approximate surface area is 153 Å². The topological polar surface area (TPSA) is 46.5 Å². The third-order valence-corrected chi connectivity index (χ3v) is 7.17. The first-order valence-electron chi connectivity index (χ1n) is 9.68. The van der Waals surface area contributed by atoms with Crippen molar-refractivity contribution < 1.29 is 14.6 Å². The van der Waals surface area contributed by atoms with Crippen LogP contribution < -0.4 is 0 Å². The van der Waals surface area contributed by atoms with Crippen LogP contribution >= 0.6 is 0 Å². The van der Waals surface area contributed by atoms with E-state index in [0.29, 0.717) is 11.8 Å². The van der Waals surface area contributed by atoms with Gasteiger partial charge in [0.25, 0.3) is 0 Å². The van der Waals surface area contributed by atoms with Crippen molar-refractivity contribution in [3.05, 3.63) is 24.3 Å². The summed E-state index contributed by atoms with van der Waals surface area (Å²) in [7, 11) is 0. The van der Waals surface area contributed by atoms with Crippen LogP contribution in [0.4, 0.5) is 0 Å². The van der Waals surface area contributed by atoms with Gasteiger partial charge in [-0.3, -0.25) is 4.79 Å². The zero-order valence-electron chi connectivity index (χ0n) is 16.9. The molecule has 1 saturated carbocycles. The van der Waals surface area contributed by atoms with Crippen molar-refractivity contribution in [3.8, 4) is 0 Å². The lowest BCUT2D eigenvalue weighted by atomic mass is 9.51. The number of aliphatic hydroxyl groups is 1. The van der Waals surface area contributed by atoms with E-state index in [1.54, 1.807) is 6.08 Å². The lowest BCUT2D eigenvalue weighted by Crippen LogP contribution is -2.49. The molecule has 3 nitrogen and oxygen atoms in total. The minimum absolute atomic E-state index is 0.0403. The third-order valence-electron chi connectivity index (χ3n) is 7.17. The highest BCUT2D eigenvalue weighted by Crippen LogP contribution is 2.58. The van der Waals surface area contributed by atoms with Gasteiger partial charge in [-0.15, -0.1) is 6.58 Å². The van der Waals surface area contributed by atoms with Crippen molar-refractivity contribution in [1.29, 1.82) is 0 Å². The van der Waals surface area contributed by atoms with E-state index in [-0.39, 0.29) is 22.9 Å². The summed E-state index contributed by atoms with van der Waals surface area (Å²) in [5.74, 6) is 0.868. The zero-order valence-corrected chi connectivity index (χ0v) is 16.9. The molecule has 25 heavy (non-hydrogen) atoms. The van der Waals surface area contributed by atoms with Gasteiger partial charge in [-0.1, -0.05) is 45.4 Å². The van der Waals surface area contributed by atoms with E-state index in [2.05, 4.69) is 40.3 Å². The van der Waals surface area contributed by atoms with Crippen molar-refractivity contribution in [1.82, 2.24) is 0 Å². The molecule has 0 heterocycles. The Balaban J connectivity index is 2.28. The van der Waals surface area contributed by atoms with Crippen molar-refractivity contribution in [2.75, 3.05) is 0 Å². The lowest BCUT2D eigenvalue weighted by Gasteiger charge is -2.55. The zero-order chi connectivity index (χ0) is 19.0. The second-order valence-electron chi connectivity index (χ2n) is 9.31. The quantitative estimate of drug-likeness (QED) is 0.559. The average Bonchev–Trinajstić information content (AvgIpc) is 2.51. The fraction of sp³-hybridized carbons (Fsp3) is 0.773. The maximum absolute atomic E-state index is 11.5. The molecule has 2 unspecified atom stereocenters. The number of carbonyl (C=O) groups is 1. The Bertz CT molecular complexity index is 558. The van der Waals surface area contributed by atoms with Gasteiger partial charge in [0, 0.05) is 12.3 Å². The van der Waals surface area contributed by atoms with Crippen LogP contribution in [0.5, 0.6) is 0 Å². The molecule has 0 saturated heterocycles. The van der Waals surface area contributed by atoms with Crippen LogP contribution in [-0.4, -0.2) is 22.8 Å². The normalized spacial score (nSPS) is 36.6. The first kappa shape index (κ1) is 20.2. The molecule has 2 aliphatic rings. The molecule has 142 valence electrons. The molecular weight excluding hydrogens is 312 g/mol. The van der Waals surface area contributed by atoms with E-state index in [9.17, 15) is 9.90 Å². The maximum Gasteiger partial charge on any atom is 0.302 e. The Kier molecular flexibility index (Phi) is 5.59. The van der Waals surface area contributed by atoms with Crippen molar-refractivity contribution in [2.24, 2.45) is 22.7 Å². The highest BCUT2D eigenvalue weighted by atomic mass is 16.5. The smallest absolute Gasteiger partial charge is 0.302 e. The number of allylic oxidation sites excluding steroid dienone is 1. The minimum atomic E-state index is -0.811. The molecule has 0 amide bonds. The van der Waals surface area contributed by atoms with E-state index in [4.69, 9.17) is 4.74 Å². The van der Waals surface area contributed by atoms with Gasteiger partial charge in [-0.2, -0.15) is 0 Å².